The summed E-state index contributed by atoms with van der Waals surface area (Å²) in [5, 5.41) is 12.9. The van der Waals surface area contributed by atoms with Crippen LogP contribution in [0.5, 0.6) is 0 Å². The van der Waals surface area contributed by atoms with Crippen LogP contribution in [0.2, 0.25) is 0 Å². The van der Waals surface area contributed by atoms with Crippen LogP contribution in [0.15, 0.2) is 0 Å². The largest absolute Gasteiger partial charge is 0.393 e. The normalized spacial score (nSPS) is 16.4. The van der Waals surface area contributed by atoms with E-state index in [1.807, 2.05) is 6.92 Å². The third-order valence-electron chi connectivity index (χ3n) is 2.77. The lowest BCUT2D eigenvalue weighted by Crippen LogP contribution is -2.36. The Bertz CT molecular complexity index is 155. The molecule has 0 bridgehead atoms. The van der Waals surface area contributed by atoms with Crippen LogP contribution in [-0.2, 0) is 0 Å². The zero-order valence-corrected chi connectivity index (χ0v) is 11.1. The first-order valence-corrected chi connectivity index (χ1v) is 6.29. The van der Waals surface area contributed by atoms with Crippen LogP contribution in [-0.4, -0.2) is 23.8 Å². The molecule has 0 rings (SSSR count). The van der Waals surface area contributed by atoms with Crippen molar-refractivity contribution in [3.05, 3.63) is 0 Å². The summed E-state index contributed by atoms with van der Waals surface area (Å²) in [7, 11) is 0. The summed E-state index contributed by atoms with van der Waals surface area (Å²) >= 11 is 0. The van der Waals surface area contributed by atoms with Gasteiger partial charge in [0.25, 0.3) is 0 Å². The zero-order chi connectivity index (χ0) is 11.9. The molecule has 0 aliphatic carbocycles. The first-order valence-electron chi connectivity index (χ1n) is 6.29. The van der Waals surface area contributed by atoms with Crippen molar-refractivity contribution in [2.45, 2.75) is 72.4 Å². The Balaban J connectivity index is 3.71. The van der Waals surface area contributed by atoms with E-state index in [9.17, 15) is 5.11 Å². The molecule has 0 saturated heterocycles. The summed E-state index contributed by atoms with van der Waals surface area (Å²) in [5.41, 5.74) is 0.189. The molecule has 0 saturated carbocycles. The summed E-state index contributed by atoms with van der Waals surface area (Å²) in [6.07, 6.45) is 4.48. The maximum Gasteiger partial charge on any atom is 0.0517 e. The van der Waals surface area contributed by atoms with Crippen molar-refractivity contribution >= 4 is 0 Å². The average Bonchev–Trinajstić information content (AvgIpc) is 2.09. The molecule has 0 spiro atoms. The quantitative estimate of drug-likeness (QED) is 0.652. The van der Waals surface area contributed by atoms with E-state index >= 15 is 0 Å². The predicted molar refractivity (Wildman–Crippen MR) is 67.1 cm³/mol. The van der Waals surface area contributed by atoms with Crippen LogP contribution < -0.4 is 5.32 Å². The van der Waals surface area contributed by atoms with Gasteiger partial charge in [0.2, 0.25) is 0 Å². The molecule has 2 atom stereocenters. The highest BCUT2D eigenvalue weighted by Crippen LogP contribution is 2.21. The van der Waals surface area contributed by atoms with Crippen LogP contribution in [0.1, 0.15) is 60.3 Å². The maximum atomic E-state index is 9.37. The standard InChI is InChI=1S/C13H29NO/c1-6-7-8-11(2)14-10-13(4,5)9-12(3)15/h11-12,14-15H,6-10H2,1-5H3. The smallest absolute Gasteiger partial charge is 0.0517 e. The summed E-state index contributed by atoms with van der Waals surface area (Å²) in [4.78, 5) is 0. The van der Waals surface area contributed by atoms with Crippen molar-refractivity contribution in [3.63, 3.8) is 0 Å². The van der Waals surface area contributed by atoms with Gasteiger partial charge in [-0.3, -0.25) is 0 Å². The van der Waals surface area contributed by atoms with Gasteiger partial charge in [-0.15, -0.1) is 0 Å². The molecule has 15 heavy (non-hydrogen) atoms. The first kappa shape index (κ1) is 14.9. The number of unbranched alkanes of at least 4 members (excludes halogenated alkanes) is 1. The van der Waals surface area contributed by atoms with Gasteiger partial charge in [-0.25, -0.2) is 0 Å². The monoisotopic (exact) mass is 215 g/mol. The molecule has 0 amide bonds. The second-order valence-electron chi connectivity index (χ2n) is 5.64. The van der Waals surface area contributed by atoms with E-state index in [2.05, 4.69) is 33.0 Å². The average molecular weight is 215 g/mol. The van der Waals surface area contributed by atoms with Gasteiger partial charge in [-0.1, -0.05) is 33.6 Å². The van der Waals surface area contributed by atoms with Crippen molar-refractivity contribution in [2.24, 2.45) is 5.41 Å². The molecule has 0 heterocycles. The Morgan fingerprint density at radius 2 is 1.87 bits per heavy atom. The minimum Gasteiger partial charge on any atom is -0.393 e. The molecule has 0 aromatic carbocycles. The van der Waals surface area contributed by atoms with Gasteiger partial charge >= 0.3 is 0 Å². The molecule has 0 aromatic heterocycles. The van der Waals surface area contributed by atoms with Gasteiger partial charge in [0, 0.05) is 12.6 Å². The van der Waals surface area contributed by atoms with Gasteiger partial charge in [0.05, 0.1) is 6.10 Å². The van der Waals surface area contributed by atoms with Gasteiger partial charge < -0.3 is 10.4 Å². The molecule has 0 radical (unpaired) electrons. The van der Waals surface area contributed by atoms with Crippen LogP contribution in [0.3, 0.4) is 0 Å². The fraction of sp³-hybridized carbons (Fsp3) is 1.00. The summed E-state index contributed by atoms with van der Waals surface area (Å²) in [6.45, 7) is 11.7. The van der Waals surface area contributed by atoms with Crippen molar-refractivity contribution in [1.29, 1.82) is 0 Å². The van der Waals surface area contributed by atoms with Gasteiger partial charge in [0.1, 0.15) is 0 Å². The van der Waals surface area contributed by atoms with Crippen LogP contribution in [0, 0.1) is 5.41 Å². The maximum absolute atomic E-state index is 9.37. The minimum atomic E-state index is -0.201. The SMILES string of the molecule is CCCCC(C)NCC(C)(C)CC(C)O. The van der Waals surface area contributed by atoms with Gasteiger partial charge in [-0.2, -0.15) is 0 Å². The highest BCUT2D eigenvalue weighted by molar-refractivity contribution is 4.75. The van der Waals surface area contributed by atoms with Crippen LogP contribution in [0.25, 0.3) is 0 Å². The number of hydrogen-bond donors (Lipinski definition) is 2. The van der Waals surface area contributed by atoms with E-state index < -0.39 is 0 Å². The molecular weight excluding hydrogens is 186 g/mol. The third-order valence-corrected chi connectivity index (χ3v) is 2.77. The molecule has 2 unspecified atom stereocenters. The van der Waals surface area contributed by atoms with Gasteiger partial charge in [-0.05, 0) is 32.1 Å². The lowest BCUT2D eigenvalue weighted by molar-refractivity contribution is 0.126. The number of rotatable bonds is 8. The third kappa shape index (κ3) is 8.88. The van der Waals surface area contributed by atoms with Crippen molar-refractivity contribution in [1.82, 2.24) is 5.32 Å². The van der Waals surface area contributed by atoms with E-state index in [1.165, 1.54) is 19.3 Å². The Labute approximate surface area is 95.5 Å². The van der Waals surface area contributed by atoms with E-state index in [0.29, 0.717) is 6.04 Å². The fourth-order valence-corrected chi connectivity index (χ4v) is 1.93. The first-order chi connectivity index (χ1) is 6.87. The molecule has 2 N–H and O–H groups in total. The minimum absolute atomic E-state index is 0.189. The summed E-state index contributed by atoms with van der Waals surface area (Å²) in [5.74, 6) is 0. The Morgan fingerprint density at radius 3 is 2.33 bits per heavy atom. The number of aliphatic hydroxyl groups is 1. The highest BCUT2D eigenvalue weighted by atomic mass is 16.3. The van der Waals surface area contributed by atoms with Crippen LogP contribution >= 0.6 is 0 Å². The Morgan fingerprint density at radius 1 is 1.27 bits per heavy atom. The highest BCUT2D eigenvalue weighted by Gasteiger charge is 2.20. The van der Waals surface area contributed by atoms with Crippen molar-refractivity contribution < 1.29 is 5.11 Å². The van der Waals surface area contributed by atoms with E-state index in [4.69, 9.17) is 0 Å². The number of hydrogen-bond acceptors (Lipinski definition) is 2. The van der Waals surface area contributed by atoms with Crippen LogP contribution in [0.4, 0.5) is 0 Å². The van der Waals surface area contributed by atoms with Gasteiger partial charge in [0.15, 0.2) is 0 Å². The topological polar surface area (TPSA) is 32.3 Å². The van der Waals surface area contributed by atoms with E-state index in [-0.39, 0.29) is 11.5 Å². The van der Waals surface area contributed by atoms with E-state index in [1.54, 1.807) is 0 Å². The molecule has 2 heteroatoms. The molecule has 2 nitrogen and oxygen atoms in total. The molecule has 0 aliphatic rings. The lowest BCUT2D eigenvalue weighted by Gasteiger charge is -2.28. The van der Waals surface area contributed by atoms with Crippen molar-refractivity contribution in [2.75, 3.05) is 6.54 Å². The summed E-state index contributed by atoms with van der Waals surface area (Å²) in [6, 6.07) is 0.596. The lowest BCUT2D eigenvalue weighted by atomic mass is 9.86. The van der Waals surface area contributed by atoms with E-state index in [0.717, 1.165) is 13.0 Å². The Kier molecular flexibility index (Phi) is 7.20. The second kappa shape index (κ2) is 7.24. The molecule has 92 valence electrons. The molecular formula is C13H29NO. The number of nitrogens with one attached hydrogen (secondary N) is 1. The fourth-order valence-electron chi connectivity index (χ4n) is 1.93. The Hall–Kier alpha value is -0.0800. The molecule has 0 fully saturated rings. The molecule has 0 aliphatic heterocycles. The number of aliphatic hydroxyl groups excluding tert-OH is 1. The van der Waals surface area contributed by atoms with Crippen molar-refractivity contribution in [3.8, 4) is 0 Å². The molecule has 0 aromatic rings. The zero-order valence-electron chi connectivity index (χ0n) is 11.1. The summed E-state index contributed by atoms with van der Waals surface area (Å²) < 4.78 is 0. The predicted octanol–water partition coefficient (Wildman–Crippen LogP) is 2.95. The second-order valence-corrected chi connectivity index (χ2v) is 5.64.